The van der Waals surface area contributed by atoms with Crippen LogP contribution in [-0.2, 0) is 11.0 Å². The molecule has 0 bridgehead atoms. The molecule has 144 valence electrons. The number of halogens is 4. The van der Waals surface area contributed by atoms with Crippen LogP contribution in [0.25, 0.3) is 0 Å². The summed E-state index contributed by atoms with van der Waals surface area (Å²) in [7, 11) is 0. The van der Waals surface area contributed by atoms with E-state index in [0.717, 1.165) is 25.0 Å². The molecule has 7 heteroatoms. The maximum Gasteiger partial charge on any atom is 0.416 e. The smallest absolute Gasteiger partial charge is 0.416 e. The van der Waals surface area contributed by atoms with Gasteiger partial charge in [-0.3, -0.25) is 9.69 Å². The van der Waals surface area contributed by atoms with Gasteiger partial charge in [-0.2, -0.15) is 13.2 Å². The Bertz CT molecular complexity index is 804. The molecule has 2 aromatic carbocycles. The summed E-state index contributed by atoms with van der Waals surface area (Å²) in [6, 6.07) is 8.88. The van der Waals surface area contributed by atoms with Crippen molar-refractivity contribution in [3.05, 3.63) is 71.0 Å². The van der Waals surface area contributed by atoms with Crippen molar-refractivity contribution in [1.29, 1.82) is 0 Å². The minimum absolute atomic E-state index is 0.255. The maximum absolute atomic E-state index is 14.5. The van der Waals surface area contributed by atoms with Crippen molar-refractivity contribution in [2.75, 3.05) is 6.54 Å². The zero-order valence-corrected chi connectivity index (χ0v) is 14.4. The first-order valence-corrected chi connectivity index (χ1v) is 8.69. The molecule has 2 atom stereocenters. The summed E-state index contributed by atoms with van der Waals surface area (Å²) < 4.78 is 53.2. The van der Waals surface area contributed by atoms with E-state index in [1.165, 1.54) is 24.3 Å². The quantitative estimate of drug-likeness (QED) is 0.768. The van der Waals surface area contributed by atoms with E-state index in [1.807, 2.05) is 0 Å². The number of rotatable bonds is 4. The molecular weight excluding hydrogens is 362 g/mol. The number of hydrogen-bond donors (Lipinski definition) is 1. The Kier molecular flexibility index (Phi) is 5.51. The largest absolute Gasteiger partial charge is 0.480 e. The minimum atomic E-state index is -4.47. The topological polar surface area (TPSA) is 40.5 Å². The van der Waals surface area contributed by atoms with Gasteiger partial charge in [-0.05, 0) is 43.1 Å². The van der Waals surface area contributed by atoms with Crippen LogP contribution in [0.4, 0.5) is 17.6 Å². The standard InChI is InChI=1S/C20H19F4NO2/c21-16-6-2-1-5-15(16)18(25-12-4-3-7-17(25)19(26)27)13-8-10-14(11-9-13)20(22,23)24/h1-2,5-6,8-11,17-18H,3-4,7,12H2,(H,26,27). The zero-order valence-electron chi connectivity index (χ0n) is 14.4. The number of carbonyl (C=O) groups is 1. The van der Waals surface area contributed by atoms with Crippen LogP contribution in [0.15, 0.2) is 48.5 Å². The van der Waals surface area contributed by atoms with Crippen LogP contribution >= 0.6 is 0 Å². The number of piperidine rings is 1. The van der Waals surface area contributed by atoms with E-state index in [1.54, 1.807) is 17.0 Å². The highest BCUT2D eigenvalue weighted by Crippen LogP contribution is 2.37. The molecule has 3 rings (SSSR count). The van der Waals surface area contributed by atoms with E-state index in [-0.39, 0.29) is 5.56 Å². The van der Waals surface area contributed by atoms with Gasteiger partial charge in [0.2, 0.25) is 0 Å². The lowest BCUT2D eigenvalue weighted by atomic mass is 9.91. The first kappa shape index (κ1) is 19.4. The fourth-order valence-corrected chi connectivity index (χ4v) is 3.63. The SMILES string of the molecule is O=C(O)C1CCCCN1C(c1ccc(C(F)(F)F)cc1)c1ccccc1F. The second-order valence-electron chi connectivity index (χ2n) is 6.63. The van der Waals surface area contributed by atoms with Crippen molar-refractivity contribution in [2.45, 2.75) is 37.5 Å². The highest BCUT2D eigenvalue weighted by molar-refractivity contribution is 5.73. The molecule has 1 N–H and O–H groups in total. The van der Waals surface area contributed by atoms with E-state index < -0.39 is 35.6 Å². The molecule has 0 radical (unpaired) electrons. The Balaban J connectivity index is 2.08. The molecular formula is C20H19F4NO2. The fourth-order valence-electron chi connectivity index (χ4n) is 3.63. The first-order valence-electron chi connectivity index (χ1n) is 8.69. The van der Waals surface area contributed by atoms with Crippen LogP contribution in [0.5, 0.6) is 0 Å². The Morgan fingerprint density at radius 3 is 2.33 bits per heavy atom. The van der Waals surface area contributed by atoms with Crippen molar-refractivity contribution in [3.63, 3.8) is 0 Å². The van der Waals surface area contributed by atoms with Gasteiger partial charge in [0.05, 0.1) is 11.6 Å². The third kappa shape index (κ3) is 4.13. The molecule has 3 nitrogen and oxygen atoms in total. The number of carboxylic acids is 1. The van der Waals surface area contributed by atoms with E-state index in [9.17, 15) is 27.5 Å². The van der Waals surface area contributed by atoms with E-state index in [2.05, 4.69) is 0 Å². The van der Waals surface area contributed by atoms with Crippen LogP contribution < -0.4 is 0 Å². The molecule has 1 aliphatic heterocycles. The molecule has 1 saturated heterocycles. The van der Waals surface area contributed by atoms with Gasteiger partial charge in [0.1, 0.15) is 11.9 Å². The van der Waals surface area contributed by atoms with Gasteiger partial charge in [-0.1, -0.05) is 36.8 Å². The molecule has 0 aromatic heterocycles. The molecule has 0 spiro atoms. The van der Waals surface area contributed by atoms with Gasteiger partial charge in [0, 0.05) is 5.56 Å². The lowest BCUT2D eigenvalue weighted by Crippen LogP contribution is -2.47. The molecule has 27 heavy (non-hydrogen) atoms. The summed E-state index contributed by atoms with van der Waals surface area (Å²) in [4.78, 5) is 13.4. The Labute approximate surface area is 154 Å². The minimum Gasteiger partial charge on any atom is -0.480 e. The molecule has 2 unspecified atom stereocenters. The van der Waals surface area contributed by atoms with Crippen LogP contribution in [0.1, 0.15) is 42.0 Å². The van der Waals surface area contributed by atoms with Gasteiger partial charge in [0.15, 0.2) is 0 Å². The van der Waals surface area contributed by atoms with E-state index in [0.29, 0.717) is 18.5 Å². The van der Waals surface area contributed by atoms with Gasteiger partial charge < -0.3 is 5.11 Å². The Morgan fingerprint density at radius 2 is 1.74 bits per heavy atom. The Hall–Kier alpha value is -2.41. The predicted molar refractivity (Wildman–Crippen MR) is 91.7 cm³/mol. The molecule has 0 amide bonds. The molecule has 1 aliphatic rings. The molecule has 1 fully saturated rings. The van der Waals surface area contributed by atoms with Gasteiger partial charge in [-0.15, -0.1) is 0 Å². The number of nitrogens with zero attached hydrogens (tertiary/aromatic N) is 1. The van der Waals surface area contributed by atoms with E-state index in [4.69, 9.17) is 0 Å². The van der Waals surface area contributed by atoms with Crippen molar-refractivity contribution >= 4 is 5.97 Å². The maximum atomic E-state index is 14.5. The van der Waals surface area contributed by atoms with Crippen molar-refractivity contribution in [3.8, 4) is 0 Å². The second-order valence-corrected chi connectivity index (χ2v) is 6.63. The first-order chi connectivity index (χ1) is 12.8. The highest BCUT2D eigenvalue weighted by Gasteiger charge is 2.37. The Morgan fingerprint density at radius 1 is 1.07 bits per heavy atom. The van der Waals surface area contributed by atoms with Gasteiger partial charge >= 0.3 is 12.1 Å². The van der Waals surface area contributed by atoms with E-state index >= 15 is 0 Å². The average Bonchev–Trinajstić information content (AvgIpc) is 2.63. The highest BCUT2D eigenvalue weighted by atomic mass is 19.4. The monoisotopic (exact) mass is 381 g/mol. The van der Waals surface area contributed by atoms with Crippen LogP contribution in [0, 0.1) is 5.82 Å². The summed E-state index contributed by atoms with van der Waals surface area (Å²) >= 11 is 0. The summed E-state index contributed by atoms with van der Waals surface area (Å²) in [5.74, 6) is -1.53. The van der Waals surface area contributed by atoms with Crippen molar-refractivity contribution in [1.82, 2.24) is 4.90 Å². The second kappa shape index (κ2) is 7.68. The third-order valence-electron chi connectivity index (χ3n) is 4.91. The number of aliphatic carboxylic acids is 1. The average molecular weight is 381 g/mol. The molecule has 2 aromatic rings. The van der Waals surface area contributed by atoms with Crippen molar-refractivity contribution in [2.24, 2.45) is 0 Å². The van der Waals surface area contributed by atoms with Gasteiger partial charge in [-0.25, -0.2) is 4.39 Å². The summed E-state index contributed by atoms with van der Waals surface area (Å²) in [6.45, 7) is 0.428. The molecule has 1 heterocycles. The summed E-state index contributed by atoms with van der Waals surface area (Å²) in [5, 5.41) is 9.59. The summed E-state index contributed by atoms with van der Waals surface area (Å²) in [6.07, 6.45) is -2.57. The zero-order chi connectivity index (χ0) is 19.6. The van der Waals surface area contributed by atoms with Crippen LogP contribution in [0.3, 0.4) is 0 Å². The lowest BCUT2D eigenvalue weighted by molar-refractivity contribution is -0.145. The number of carboxylic acid groups (broad SMARTS) is 1. The van der Waals surface area contributed by atoms with Crippen molar-refractivity contribution < 1.29 is 27.5 Å². The number of alkyl halides is 3. The predicted octanol–water partition coefficient (Wildman–Crippen LogP) is 4.87. The number of likely N-dealkylation sites (tertiary alicyclic amines) is 1. The number of hydrogen-bond acceptors (Lipinski definition) is 2. The normalized spacial score (nSPS) is 19.6. The molecule has 0 aliphatic carbocycles. The van der Waals surface area contributed by atoms with Crippen LogP contribution in [0.2, 0.25) is 0 Å². The van der Waals surface area contributed by atoms with Gasteiger partial charge in [0.25, 0.3) is 0 Å². The fraction of sp³-hybridized carbons (Fsp3) is 0.350. The lowest BCUT2D eigenvalue weighted by Gasteiger charge is -2.39. The molecule has 0 saturated carbocycles. The number of benzene rings is 2. The summed E-state index contributed by atoms with van der Waals surface area (Å²) in [5.41, 5.74) is -0.112. The van der Waals surface area contributed by atoms with Crippen LogP contribution in [-0.4, -0.2) is 28.6 Å². The third-order valence-corrected chi connectivity index (χ3v) is 4.91.